The number of hydrogen-bond acceptors (Lipinski definition) is 5. The van der Waals surface area contributed by atoms with Crippen LogP contribution in [0.2, 0.25) is 0 Å². The molecular formula is C24H26N2O3S. The maximum atomic E-state index is 13.1. The summed E-state index contributed by atoms with van der Waals surface area (Å²) in [6, 6.07) is 15.9. The number of methoxy groups -OCH3 is 2. The van der Waals surface area contributed by atoms with E-state index in [0.29, 0.717) is 5.75 Å². The Hall–Kier alpha value is -2.73. The van der Waals surface area contributed by atoms with Gasteiger partial charge in [-0.25, -0.2) is 4.98 Å². The van der Waals surface area contributed by atoms with Crippen LogP contribution in [0.4, 0.5) is 0 Å². The number of pyridine rings is 1. The molecule has 2 heterocycles. The molecule has 6 heteroatoms. The number of benzene rings is 2. The van der Waals surface area contributed by atoms with Gasteiger partial charge in [0.25, 0.3) is 0 Å². The second kappa shape index (κ2) is 8.96. The lowest BCUT2D eigenvalue weighted by Crippen LogP contribution is -2.32. The third-order valence-corrected chi connectivity index (χ3v) is 6.51. The molecule has 2 aromatic carbocycles. The molecule has 5 nitrogen and oxygen atoms in total. The fraction of sp³-hybridized carbons (Fsp3) is 0.333. The third-order valence-electron chi connectivity index (χ3n) is 5.61. The summed E-state index contributed by atoms with van der Waals surface area (Å²) in [4.78, 5) is 19.8. The van der Waals surface area contributed by atoms with Crippen LogP contribution < -0.4 is 9.47 Å². The SMILES string of the molecule is COc1ccc(OC)c(C2CCCN2C(=O)CSc2cc(C)c3ccccc3n2)c1. The molecule has 1 amide bonds. The monoisotopic (exact) mass is 422 g/mol. The highest BCUT2D eigenvalue weighted by molar-refractivity contribution is 7.99. The first-order valence-corrected chi connectivity index (χ1v) is 11.1. The Kier molecular flexibility index (Phi) is 6.13. The zero-order valence-corrected chi connectivity index (χ0v) is 18.4. The smallest absolute Gasteiger partial charge is 0.233 e. The van der Waals surface area contributed by atoms with Gasteiger partial charge in [0.1, 0.15) is 11.5 Å². The molecule has 1 aliphatic heterocycles. The van der Waals surface area contributed by atoms with Gasteiger partial charge < -0.3 is 14.4 Å². The summed E-state index contributed by atoms with van der Waals surface area (Å²) >= 11 is 1.50. The van der Waals surface area contributed by atoms with E-state index in [0.717, 1.165) is 52.4 Å². The van der Waals surface area contributed by atoms with Gasteiger partial charge in [-0.1, -0.05) is 30.0 Å². The lowest BCUT2D eigenvalue weighted by atomic mass is 10.0. The van der Waals surface area contributed by atoms with Crippen LogP contribution in [-0.4, -0.2) is 42.3 Å². The molecule has 1 fully saturated rings. The van der Waals surface area contributed by atoms with Crippen LogP contribution in [-0.2, 0) is 4.79 Å². The summed E-state index contributed by atoms with van der Waals surface area (Å²) in [5.74, 6) is 2.06. The fourth-order valence-corrected chi connectivity index (χ4v) is 4.96. The number of amides is 1. The second-order valence-corrected chi connectivity index (χ2v) is 8.43. The lowest BCUT2D eigenvalue weighted by Gasteiger charge is -2.26. The van der Waals surface area contributed by atoms with Gasteiger partial charge in [0, 0.05) is 17.5 Å². The van der Waals surface area contributed by atoms with Gasteiger partial charge >= 0.3 is 0 Å². The van der Waals surface area contributed by atoms with Crippen molar-refractivity contribution >= 4 is 28.6 Å². The Morgan fingerprint density at radius 1 is 1.17 bits per heavy atom. The minimum Gasteiger partial charge on any atom is -0.497 e. The number of para-hydroxylation sites is 1. The van der Waals surface area contributed by atoms with Crippen molar-refractivity contribution in [3.63, 3.8) is 0 Å². The van der Waals surface area contributed by atoms with Crippen molar-refractivity contribution in [2.45, 2.75) is 30.8 Å². The highest BCUT2D eigenvalue weighted by Crippen LogP contribution is 2.39. The van der Waals surface area contributed by atoms with E-state index in [-0.39, 0.29) is 11.9 Å². The quantitative estimate of drug-likeness (QED) is 0.522. The lowest BCUT2D eigenvalue weighted by molar-refractivity contribution is -0.129. The second-order valence-electron chi connectivity index (χ2n) is 7.44. The number of aromatic nitrogens is 1. The van der Waals surface area contributed by atoms with E-state index >= 15 is 0 Å². The van der Waals surface area contributed by atoms with Gasteiger partial charge in [0.2, 0.25) is 5.91 Å². The normalized spacial score (nSPS) is 16.1. The number of carbonyl (C=O) groups is 1. The molecule has 30 heavy (non-hydrogen) atoms. The Balaban J connectivity index is 1.51. The predicted molar refractivity (Wildman–Crippen MR) is 120 cm³/mol. The van der Waals surface area contributed by atoms with Crippen LogP contribution in [0.15, 0.2) is 53.6 Å². The Bertz CT molecular complexity index is 1070. The average Bonchev–Trinajstić information content (AvgIpc) is 3.27. The van der Waals surface area contributed by atoms with Crippen molar-refractivity contribution in [1.29, 1.82) is 0 Å². The first kappa shape index (κ1) is 20.5. The Morgan fingerprint density at radius 3 is 2.80 bits per heavy atom. The number of ether oxygens (including phenoxy) is 2. The largest absolute Gasteiger partial charge is 0.497 e. The number of aryl methyl sites for hydroxylation is 1. The summed E-state index contributed by atoms with van der Waals surface area (Å²) in [6.07, 6.45) is 1.90. The molecule has 0 aliphatic carbocycles. The first-order valence-electron chi connectivity index (χ1n) is 10.1. The summed E-state index contributed by atoms with van der Waals surface area (Å²) in [6.45, 7) is 2.84. The minimum atomic E-state index is 0.00875. The van der Waals surface area contributed by atoms with Gasteiger partial charge in [-0.3, -0.25) is 4.79 Å². The molecule has 0 N–H and O–H groups in total. The van der Waals surface area contributed by atoms with Gasteiger partial charge in [-0.15, -0.1) is 0 Å². The number of rotatable bonds is 6. The van der Waals surface area contributed by atoms with Crippen LogP contribution in [0.5, 0.6) is 11.5 Å². The molecule has 1 saturated heterocycles. The fourth-order valence-electron chi connectivity index (χ4n) is 4.10. The van der Waals surface area contributed by atoms with Crippen LogP contribution in [0, 0.1) is 6.92 Å². The molecule has 4 rings (SSSR count). The van der Waals surface area contributed by atoms with E-state index in [1.165, 1.54) is 17.3 Å². The molecule has 1 aliphatic rings. The number of nitrogens with zero attached hydrogens (tertiary/aromatic N) is 2. The third kappa shape index (κ3) is 4.10. The van der Waals surface area contributed by atoms with E-state index < -0.39 is 0 Å². The molecule has 1 aromatic heterocycles. The van der Waals surface area contributed by atoms with E-state index in [9.17, 15) is 4.79 Å². The van der Waals surface area contributed by atoms with Gasteiger partial charge in [-0.05, 0) is 55.7 Å². The maximum Gasteiger partial charge on any atom is 0.233 e. The summed E-state index contributed by atoms with van der Waals surface area (Å²) < 4.78 is 10.9. The number of fused-ring (bicyclic) bond motifs is 1. The molecule has 0 radical (unpaired) electrons. The zero-order chi connectivity index (χ0) is 21.1. The predicted octanol–water partition coefficient (Wildman–Crippen LogP) is 5.02. The van der Waals surface area contributed by atoms with Crippen molar-refractivity contribution in [1.82, 2.24) is 9.88 Å². The zero-order valence-electron chi connectivity index (χ0n) is 17.6. The summed E-state index contributed by atoms with van der Waals surface area (Å²) in [5.41, 5.74) is 3.15. The van der Waals surface area contributed by atoms with Gasteiger partial charge in [0.05, 0.1) is 36.6 Å². The van der Waals surface area contributed by atoms with Crippen molar-refractivity contribution < 1.29 is 14.3 Å². The summed E-state index contributed by atoms with van der Waals surface area (Å²) in [5, 5.41) is 2.03. The maximum absolute atomic E-state index is 13.1. The van der Waals surface area contributed by atoms with E-state index in [4.69, 9.17) is 14.5 Å². The Morgan fingerprint density at radius 2 is 2.00 bits per heavy atom. The number of carbonyl (C=O) groups excluding carboxylic acids is 1. The van der Waals surface area contributed by atoms with Gasteiger partial charge in [-0.2, -0.15) is 0 Å². The molecule has 156 valence electrons. The van der Waals surface area contributed by atoms with Gasteiger partial charge in [0.15, 0.2) is 0 Å². The van der Waals surface area contributed by atoms with Crippen LogP contribution in [0.1, 0.15) is 30.0 Å². The molecule has 0 bridgehead atoms. The van der Waals surface area contributed by atoms with Crippen molar-refractivity contribution in [3.8, 4) is 11.5 Å². The average molecular weight is 423 g/mol. The van der Waals surface area contributed by atoms with E-state index in [1.807, 2.05) is 41.3 Å². The van der Waals surface area contributed by atoms with Crippen molar-refractivity contribution in [3.05, 3.63) is 59.7 Å². The molecule has 1 atom stereocenters. The van der Waals surface area contributed by atoms with E-state index in [2.05, 4.69) is 19.1 Å². The Labute approximate surface area is 181 Å². The minimum absolute atomic E-state index is 0.00875. The molecular weight excluding hydrogens is 396 g/mol. The van der Waals surface area contributed by atoms with Crippen molar-refractivity contribution in [2.24, 2.45) is 0 Å². The topological polar surface area (TPSA) is 51.7 Å². The van der Waals surface area contributed by atoms with Crippen molar-refractivity contribution in [2.75, 3.05) is 26.5 Å². The number of hydrogen-bond donors (Lipinski definition) is 0. The molecule has 1 unspecified atom stereocenters. The van der Waals surface area contributed by atoms with Crippen LogP contribution in [0.25, 0.3) is 10.9 Å². The van der Waals surface area contributed by atoms with Crippen LogP contribution in [0.3, 0.4) is 0 Å². The highest BCUT2D eigenvalue weighted by Gasteiger charge is 2.32. The first-order chi connectivity index (χ1) is 14.6. The molecule has 3 aromatic rings. The highest BCUT2D eigenvalue weighted by atomic mass is 32.2. The molecule has 0 saturated carbocycles. The van der Waals surface area contributed by atoms with E-state index in [1.54, 1.807) is 14.2 Å². The number of likely N-dealkylation sites (tertiary alicyclic amines) is 1. The number of thioether (sulfide) groups is 1. The van der Waals surface area contributed by atoms with Crippen LogP contribution >= 0.6 is 11.8 Å². The summed E-state index contributed by atoms with van der Waals surface area (Å²) in [7, 11) is 3.31. The standard InChI is InChI=1S/C24H26N2O3S/c1-16-13-23(25-20-8-5-4-7-18(16)20)30-15-24(27)26-12-6-9-21(26)19-14-17(28-2)10-11-22(19)29-3/h4-5,7-8,10-11,13-14,21H,6,9,12,15H2,1-3H3. The molecule has 0 spiro atoms.